The molecule has 0 saturated heterocycles. The summed E-state index contributed by atoms with van der Waals surface area (Å²) in [6, 6.07) is 1.37. The number of aromatic nitrogens is 4. The summed E-state index contributed by atoms with van der Waals surface area (Å²) in [5, 5.41) is 20.0. The van der Waals surface area contributed by atoms with Gasteiger partial charge in [-0.25, -0.2) is 0 Å². The average molecular weight is 319 g/mol. The number of carboxylic acids is 1. The molecule has 2 rings (SSSR count). The Bertz CT molecular complexity index is 704. The fraction of sp³-hybridized carbons (Fsp3) is 0.467. The molecule has 2 aromatic rings. The van der Waals surface area contributed by atoms with Crippen molar-refractivity contribution in [2.75, 3.05) is 0 Å². The second-order valence-electron chi connectivity index (χ2n) is 5.30. The fourth-order valence-corrected chi connectivity index (χ4v) is 2.37. The van der Waals surface area contributed by atoms with Gasteiger partial charge in [-0.2, -0.15) is 10.2 Å². The van der Waals surface area contributed by atoms with E-state index in [-0.39, 0.29) is 24.9 Å². The van der Waals surface area contributed by atoms with Gasteiger partial charge in [-0.3, -0.25) is 19.0 Å². The van der Waals surface area contributed by atoms with E-state index in [2.05, 4.69) is 15.5 Å². The summed E-state index contributed by atoms with van der Waals surface area (Å²) in [5.41, 5.74) is 2.18. The maximum Gasteiger partial charge on any atom is 0.305 e. The highest BCUT2D eigenvalue weighted by molar-refractivity contribution is 5.92. The first-order valence-corrected chi connectivity index (χ1v) is 7.50. The van der Waals surface area contributed by atoms with Crippen LogP contribution in [-0.2, 0) is 17.9 Å². The molecule has 2 heterocycles. The third kappa shape index (κ3) is 3.97. The molecule has 2 aromatic heterocycles. The van der Waals surface area contributed by atoms with E-state index in [1.807, 2.05) is 31.6 Å². The Morgan fingerprint density at radius 3 is 2.78 bits per heavy atom. The van der Waals surface area contributed by atoms with Gasteiger partial charge in [0.05, 0.1) is 24.7 Å². The lowest BCUT2D eigenvalue weighted by Crippen LogP contribution is -2.29. The molecule has 2 N–H and O–H groups in total. The van der Waals surface area contributed by atoms with Gasteiger partial charge in [0.2, 0.25) is 0 Å². The van der Waals surface area contributed by atoms with Crippen LogP contribution in [0.2, 0.25) is 0 Å². The quantitative estimate of drug-likeness (QED) is 0.802. The van der Waals surface area contributed by atoms with E-state index in [9.17, 15) is 9.59 Å². The molecule has 0 saturated carbocycles. The second kappa shape index (κ2) is 7.08. The third-order valence-electron chi connectivity index (χ3n) is 3.61. The number of aliphatic carboxylic acids is 1. The van der Waals surface area contributed by atoms with Crippen molar-refractivity contribution in [2.45, 2.75) is 46.3 Å². The molecule has 0 aromatic carbocycles. The van der Waals surface area contributed by atoms with E-state index in [1.165, 1.54) is 10.9 Å². The number of amides is 1. The molecule has 0 bridgehead atoms. The van der Waals surface area contributed by atoms with Gasteiger partial charge in [-0.05, 0) is 26.8 Å². The predicted molar refractivity (Wildman–Crippen MR) is 83.0 cm³/mol. The Labute approximate surface area is 134 Å². The summed E-state index contributed by atoms with van der Waals surface area (Å²) in [4.78, 5) is 23.1. The first kappa shape index (κ1) is 16.7. The Morgan fingerprint density at radius 2 is 2.17 bits per heavy atom. The summed E-state index contributed by atoms with van der Waals surface area (Å²) < 4.78 is 3.23. The smallest absolute Gasteiger partial charge is 0.305 e. The van der Waals surface area contributed by atoms with Crippen LogP contribution in [0.3, 0.4) is 0 Å². The minimum absolute atomic E-state index is 0.0834. The number of nitrogens with zero attached hydrogens (tertiary/aromatic N) is 4. The minimum atomic E-state index is -0.928. The van der Waals surface area contributed by atoms with Gasteiger partial charge in [-0.15, -0.1) is 0 Å². The van der Waals surface area contributed by atoms with E-state index in [1.54, 1.807) is 6.07 Å². The van der Waals surface area contributed by atoms with E-state index < -0.39 is 5.97 Å². The second-order valence-corrected chi connectivity index (χ2v) is 5.30. The largest absolute Gasteiger partial charge is 0.481 e. The summed E-state index contributed by atoms with van der Waals surface area (Å²) in [5.74, 6) is -1.22. The van der Waals surface area contributed by atoms with Crippen LogP contribution in [-0.4, -0.2) is 36.5 Å². The molecule has 124 valence electrons. The monoisotopic (exact) mass is 319 g/mol. The van der Waals surface area contributed by atoms with E-state index >= 15 is 0 Å². The van der Waals surface area contributed by atoms with Crippen molar-refractivity contribution in [3.63, 3.8) is 0 Å². The Kier molecular flexibility index (Phi) is 5.15. The Morgan fingerprint density at radius 1 is 1.43 bits per heavy atom. The highest BCUT2D eigenvalue weighted by Gasteiger charge is 2.18. The number of carboxylic acid groups (broad SMARTS) is 1. The molecular weight excluding hydrogens is 298 g/mol. The molecule has 0 radical (unpaired) electrons. The first-order chi connectivity index (χ1) is 10.9. The number of carbonyl (C=O) groups is 2. The van der Waals surface area contributed by atoms with Gasteiger partial charge >= 0.3 is 5.97 Å². The first-order valence-electron chi connectivity index (χ1n) is 7.50. The molecular formula is C15H21N5O3. The zero-order valence-electron chi connectivity index (χ0n) is 13.5. The van der Waals surface area contributed by atoms with Gasteiger partial charge < -0.3 is 10.4 Å². The molecule has 0 aliphatic rings. The number of carbonyl (C=O) groups excluding carboxylic acids is 1. The van der Waals surface area contributed by atoms with Gasteiger partial charge in [0.1, 0.15) is 5.69 Å². The normalized spacial score (nSPS) is 12.1. The number of hydrogen-bond acceptors (Lipinski definition) is 4. The molecule has 1 atom stereocenters. The Balaban J connectivity index is 2.08. The van der Waals surface area contributed by atoms with Crippen LogP contribution in [0.4, 0.5) is 0 Å². The molecule has 23 heavy (non-hydrogen) atoms. The van der Waals surface area contributed by atoms with Crippen LogP contribution >= 0.6 is 0 Å². The molecule has 1 amide bonds. The summed E-state index contributed by atoms with van der Waals surface area (Å²) in [7, 11) is 0. The predicted octanol–water partition coefficient (Wildman–Crippen LogP) is 1.37. The zero-order valence-corrected chi connectivity index (χ0v) is 13.5. The van der Waals surface area contributed by atoms with Crippen molar-refractivity contribution in [1.29, 1.82) is 0 Å². The number of hydrogen-bond donors (Lipinski definition) is 2. The summed E-state index contributed by atoms with van der Waals surface area (Å²) in [6.45, 7) is 6.72. The molecule has 0 aliphatic heterocycles. The van der Waals surface area contributed by atoms with Crippen molar-refractivity contribution in [3.05, 3.63) is 35.4 Å². The van der Waals surface area contributed by atoms with Gasteiger partial charge in [-0.1, -0.05) is 0 Å². The molecule has 8 heteroatoms. The fourth-order valence-electron chi connectivity index (χ4n) is 2.37. The van der Waals surface area contributed by atoms with Crippen LogP contribution in [0.15, 0.2) is 18.5 Å². The van der Waals surface area contributed by atoms with Crippen LogP contribution in [0.25, 0.3) is 0 Å². The maximum absolute atomic E-state index is 12.4. The lowest BCUT2D eigenvalue weighted by molar-refractivity contribution is -0.137. The number of aryl methyl sites for hydroxylation is 3. The molecule has 0 fully saturated rings. The standard InChI is InChI=1S/C15H21N5O3/c1-4-19-9-12(11(3)18-19)10(2)17-15(23)13-5-7-16-20(13)8-6-14(21)22/h5,7,9-10H,4,6,8H2,1-3H3,(H,17,23)(H,21,22). The molecule has 1 unspecified atom stereocenters. The van der Waals surface area contributed by atoms with Crippen molar-refractivity contribution in [2.24, 2.45) is 0 Å². The highest BCUT2D eigenvalue weighted by atomic mass is 16.4. The summed E-state index contributed by atoms with van der Waals surface area (Å²) >= 11 is 0. The number of rotatable bonds is 7. The average Bonchev–Trinajstić information content (AvgIpc) is 3.11. The van der Waals surface area contributed by atoms with E-state index in [4.69, 9.17) is 5.11 Å². The van der Waals surface area contributed by atoms with Crippen LogP contribution in [0, 0.1) is 6.92 Å². The molecule has 0 spiro atoms. The van der Waals surface area contributed by atoms with Crippen molar-refractivity contribution in [1.82, 2.24) is 24.9 Å². The summed E-state index contributed by atoms with van der Waals surface area (Å²) in [6.07, 6.45) is 3.32. The Hall–Kier alpha value is -2.64. The molecule has 8 nitrogen and oxygen atoms in total. The van der Waals surface area contributed by atoms with Crippen LogP contribution in [0.5, 0.6) is 0 Å². The van der Waals surface area contributed by atoms with Gasteiger partial charge in [0, 0.05) is 24.5 Å². The molecule has 0 aliphatic carbocycles. The zero-order chi connectivity index (χ0) is 17.0. The lowest BCUT2D eigenvalue weighted by atomic mass is 10.1. The highest BCUT2D eigenvalue weighted by Crippen LogP contribution is 2.16. The minimum Gasteiger partial charge on any atom is -0.481 e. The number of nitrogens with one attached hydrogen (secondary N) is 1. The topological polar surface area (TPSA) is 102 Å². The van der Waals surface area contributed by atoms with Crippen LogP contribution < -0.4 is 5.32 Å². The third-order valence-corrected chi connectivity index (χ3v) is 3.61. The van der Waals surface area contributed by atoms with Crippen LogP contribution in [0.1, 0.15) is 48.1 Å². The lowest BCUT2D eigenvalue weighted by Gasteiger charge is -2.14. The van der Waals surface area contributed by atoms with E-state index in [0.717, 1.165) is 17.8 Å². The van der Waals surface area contributed by atoms with Crippen molar-refractivity contribution in [3.8, 4) is 0 Å². The van der Waals surface area contributed by atoms with Crippen molar-refractivity contribution >= 4 is 11.9 Å². The van der Waals surface area contributed by atoms with Gasteiger partial charge in [0.25, 0.3) is 5.91 Å². The van der Waals surface area contributed by atoms with Gasteiger partial charge in [0.15, 0.2) is 0 Å². The SMILES string of the molecule is CCn1cc(C(C)NC(=O)c2ccnn2CCC(=O)O)c(C)n1. The van der Waals surface area contributed by atoms with E-state index in [0.29, 0.717) is 5.69 Å². The maximum atomic E-state index is 12.4. The van der Waals surface area contributed by atoms with Crippen molar-refractivity contribution < 1.29 is 14.7 Å².